The lowest BCUT2D eigenvalue weighted by Crippen LogP contribution is -2.58. The van der Waals surface area contributed by atoms with E-state index in [2.05, 4.69) is 25.9 Å². The maximum absolute atomic E-state index is 13.0. The molecule has 0 aromatic carbocycles. The maximum atomic E-state index is 13.0. The van der Waals surface area contributed by atoms with Crippen LogP contribution in [0.25, 0.3) is 0 Å². The van der Waals surface area contributed by atoms with Crippen LogP contribution in [0.2, 0.25) is 0 Å². The third-order valence-electron chi connectivity index (χ3n) is 4.70. The summed E-state index contributed by atoms with van der Waals surface area (Å²) in [7, 11) is 0. The summed E-state index contributed by atoms with van der Waals surface area (Å²) in [5.74, 6) is -2.95. The number of nitrogens with two attached hydrogens (primary N) is 1. The Morgan fingerprint density at radius 3 is 2.06 bits per heavy atom. The number of nitrogens with one attached hydrogen (secondary N) is 4. The van der Waals surface area contributed by atoms with Gasteiger partial charge in [0.15, 0.2) is 0 Å². The van der Waals surface area contributed by atoms with Gasteiger partial charge in [-0.2, -0.15) is 0 Å². The molecule has 0 saturated carbocycles. The first kappa shape index (κ1) is 26.1. The van der Waals surface area contributed by atoms with Gasteiger partial charge in [0.1, 0.15) is 18.1 Å². The fraction of sp³-hybridized carbons (Fsp3) is 0.650. The Balaban J connectivity index is 3.00. The lowest BCUT2D eigenvalue weighted by Gasteiger charge is -2.26. The molecule has 31 heavy (non-hydrogen) atoms. The largest absolute Gasteiger partial charge is 0.480 e. The lowest BCUT2D eigenvalue weighted by molar-refractivity contribution is -0.142. The first-order valence-electron chi connectivity index (χ1n) is 10.3. The number of hydrogen-bond donors (Lipinski definition) is 6. The molecule has 0 aliphatic carbocycles. The number of aromatic nitrogens is 2. The quantitative estimate of drug-likeness (QED) is 0.255. The van der Waals surface area contributed by atoms with E-state index in [9.17, 15) is 19.2 Å². The average Bonchev–Trinajstić information content (AvgIpc) is 3.18. The molecule has 3 amide bonds. The van der Waals surface area contributed by atoms with Gasteiger partial charge >= 0.3 is 5.97 Å². The summed E-state index contributed by atoms with van der Waals surface area (Å²) in [5, 5.41) is 16.7. The second-order valence-corrected chi connectivity index (χ2v) is 8.37. The number of nitrogens with zero attached hydrogens (tertiary/aromatic N) is 1. The normalized spacial score (nSPS) is 15.1. The third kappa shape index (κ3) is 8.75. The summed E-state index contributed by atoms with van der Waals surface area (Å²) in [6, 6.07) is -3.88. The molecule has 0 aliphatic rings. The summed E-state index contributed by atoms with van der Waals surface area (Å²) in [4.78, 5) is 55.9. The number of aliphatic carboxylic acids is 1. The zero-order valence-electron chi connectivity index (χ0n) is 18.6. The number of hydrogen-bond acceptors (Lipinski definition) is 6. The Morgan fingerprint density at radius 1 is 1.00 bits per heavy atom. The zero-order valence-corrected chi connectivity index (χ0v) is 18.6. The first-order chi connectivity index (χ1) is 14.4. The monoisotopic (exact) mass is 438 g/mol. The van der Waals surface area contributed by atoms with Crippen LogP contribution in [-0.2, 0) is 25.6 Å². The summed E-state index contributed by atoms with van der Waals surface area (Å²) in [6.07, 6.45) is 3.39. The Bertz CT molecular complexity index is 749. The van der Waals surface area contributed by atoms with Crippen LogP contribution in [0.1, 0.15) is 46.7 Å². The van der Waals surface area contributed by atoms with Crippen LogP contribution < -0.4 is 21.7 Å². The highest BCUT2D eigenvalue weighted by Gasteiger charge is 2.30. The van der Waals surface area contributed by atoms with Crippen molar-refractivity contribution in [3.8, 4) is 0 Å². The Kier molecular flexibility index (Phi) is 10.1. The van der Waals surface area contributed by atoms with Gasteiger partial charge in [-0.05, 0) is 25.2 Å². The Labute approximate surface area is 181 Å². The molecular weight excluding hydrogens is 404 g/mol. The van der Waals surface area contributed by atoms with Crippen molar-refractivity contribution in [1.29, 1.82) is 0 Å². The van der Waals surface area contributed by atoms with Gasteiger partial charge in [0, 0.05) is 18.3 Å². The van der Waals surface area contributed by atoms with E-state index in [1.165, 1.54) is 19.4 Å². The predicted octanol–water partition coefficient (Wildman–Crippen LogP) is -0.459. The van der Waals surface area contributed by atoms with Gasteiger partial charge in [-0.3, -0.25) is 19.2 Å². The number of carbonyl (C=O) groups excluding carboxylic acids is 3. The van der Waals surface area contributed by atoms with Crippen molar-refractivity contribution in [3.05, 3.63) is 18.2 Å². The number of H-pyrrole nitrogens is 1. The van der Waals surface area contributed by atoms with E-state index < -0.39 is 47.9 Å². The van der Waals surface area contributed by atoms with Gasteiger partial charge in [-0.15, -0.1) is 0 Å². The van der Waals surface area contributed by atoms with E-state index in [4.69, 9.17) is 10.8 Å². The van der Waals surface area contributed by atoms with Gasteiger partial charge in [0.2, 0.25) is 17.7 Å². The number of carbonyl (C=O) groups is 4. The van der Waals surface area contributed by atoms with E-state index in [0.29, 0.717) is 12.1 Å². The second-order valence-electron chi connectivity index (χ2n) is 8.37. The fourth-order valence-electron chi connectivity index (χ4n) is 2.75. The predicted molar refractivity (Wildman–Crippen MR) is 114 cm³/mol. The van der Waals surface area contributed by atoms with Crippen LogP contribution in [0.5, 0.6) is 0 Å². The SMILES string of the molecule is CC(C)CC(NC(=O)C(Cc1cnc[nH]1)NC(=O)C(N)C(C)C)C(=O)NC(C)C(=O)O. The molecular formula is C20H34N6O5. The molecule has 0 bridgehead atoms. The summed E-state index contributed by atoms with van der Waals surface area (Å²) >= 11 is 0. The minimum absolute atomic E-state index is 0.0474. The number of carboxylic acid groups (broad SMARTS) is 1. The number of imidazole rings is 1. The molecule has 4 unspecified atom stereocenters. The van der Waals surface area contributed by atoms with Crippen molar-refractivity contribution in [2.24, 2.45) is 17.6 Å². The van der Waals surface area contributed by atoms with E-state index in [1.54, 1.807) is 13.8 Å². The number of rotatable bonds is 12. The van der Waals surface area contributed by atoms with Crippen LogP contribution in [0.3, 0.4) is 0 Å². The van der Waals surface area contributed by atoms with Crippen molar-refractivity contribution in [1.82, 2.24) is 25.9 Å². The van der Waals surface area contributed by atoms with Crippen molar-refractivity contribution in [3.63, 3.8) is 0 Å². The molecule has 1 rings (SSSR count). The lowest BCUT2D eigenvalue weighted by atomic mass is 10.0. The van der Waals surface area contributed by atoms with Gasteiger partial charge < -0.3 is 31.8 Å². The van der Waals surface area contributed by atoms with E-state index in [-0.39, 0.29) is 18.3 Å². The maximum Gasteiger partial charge on any atom is 0.325 e. The molecule has 0 saturated heterocycles. The standard InChI is InChI=1S/C20H34N6O5/c1-10(2)6-14(17(27)24-12(5)20(30)31)25-18(28)15(7-13-8-22-9-23-13)26-19(29)16(21)11(3)4/h8-12,14-16H,6-7,21H2,1-5H3,(H,22,23)(H,24,27)(H,25,28)(H,26,29)(H,30,31). The zero-order chi connectivity index (χ0) is 23.7. The molecule has 11 nitrogen and oxygen atoms in total. The number of carboxylic acids is 1. The summed E-state index contributed by atoms with van der Waals surface area (Å²) < 4.78 is 0. The first-order valence-corrected chi connectivity index (χ1v) is 10.3. The fourth-order valence-corrected chi connectivity index (χ4v) is 2.75. The van der Waals surface area contributed by atoms with Crippen LogP contribution >= 0.6 is 0 Å². The summed E-state index contributed by atoms with van der Waals surface area (Å²) in [5.41, 5.74) is 6.51. The molecule has 0 fully saturated rings. The van der Waals surface area contributed by atoms with Crippen molar-refractivity contribution in [2.45, 2.75) is 71.6 Å². The minimum atomic E-state index is -1.19. The van der Waals surface area contributed by atoms with Crippen molar-refractivity contribution in [2.75, 3.05) is 0 Å². The van der Waals surface area contributed by atoms with Gasteiger partial charge in [-0.1, -0.05) is 27.7 Å². The summed E-state index contributed by atoms with van der Waals surface area (Å²) in [6.45, 7) is 8.67. The van der Waals surface area contributed by atoms with Crippen LogP contribution in [0, 0.1) is 11.8 Å². The van der Waals surface area contributed by atoms with E-state index in [0.717, 1.165) is 0 Å². The molecule has 1 aromatic rings. The molecule has 0 spiro atoms. The van der Waals surface area contributed by atoms with Gasteiger partial charge in [0.25, 0.3) is 0 Å². The smallest absolute Gasteiger partial charge is 0.325 e. The van der Waals surface area contributed by atoms with Crippen molar-refractivity contribution >= 4 is 23.7 Å². The molecule has 11 heteroatoms. The topological polar surface area (TPSA) is 179 Å². The molecule has 7 N–H and O–H groups in total. The number of aromatic amines is 1. The third-order valence-corrected chi connectivity index (χ3v) is 4.70. The number of amides is 3. The molecule has 0 radical (unpaired) electrons. The minimum Gasteiger partial charge on any atom is -0.480 e. The van der Waals surface area contributed by atoms with Crippen LogP contribution in [0.4, 0.5) is 0 Å². The van der Waals surface area contributed by atoms with Crippen molar-refractivity contribution < 1.29 is 24.3 Å². The highest BCUT2D eigenvalue weighted by molar-refractivity contribution is 5.94. The molecule has 4 atom stereocenters. The highest BCUT2D eigenvalue weighted by atomic mass is 16.4. The van der Waals surface area contributed by atoms with E-state index in [1.807, 2.05) is 13.8 Å². The second kappa shape index (κ2) is 12.0. The Hall–Kier alpha value is -2.95. The Morgan fingerprint density at radius 2 is 1.58 bits per heavy atom. The molecule has 1 aromatic heterocycles. The molecule has 0 aliphatic heterocycles. The molecule has 174 valence electrons. The van der Waals surface area contributed by atoms with Gasteiger partial charge in [0.05, 0.1) is 12.4 Å². The van der Waals surface area contributed by atoms with Gasteiger partial charge in [-0.25, -0.2) is 4.98 Å². The highest BCUT2D eigenvalue weighted by Crippen LogP contribution is 2.08. The average molecular weight is 439 g/mol. The van der Waals surface area contributed by atoms with Crippen LogP contribution in [0.15, 0.2) is 12.5 Å². The van der Waals surface area contributed by atoms with Crippen LogP contribution in [-0.4, -0.2) is 62.9 Å². The molecule has 1 heterocycles. The van der Waals surface area contributed by atoms with E-state index >= 15 is 0 Å².